The van der Waals surface area contributed by atoms with Gasteiger partial charge in [0.2, 0.25) is 0 Å². The summed E-state index contributed by atoms with van der Waals surface area (Å²) in [6, 6.07) is 7.20. The molecule has 3 nitrogen and oxygen atoms in total. The number of benzene rings is 1. The number of para-hydroxylation sites is 1. The van der Waals surface area contributed by atoms with Crippen molar-refractivity contribution in [2.24, 2.45) is 0 Å². The van der Waals surface area contributed by atoms with Gasteiger partial charge in [-0.15, -0.1) is 0 Å². The van der Waals surface area contributed by atoms with Crippen LogP contribution in [0.25, 0.3) is 0 Å². The van der Waals surface area contributed by atoms with Gasteiger partial charge in [0.05, 0.1) is 5.69 Å². The van der Waals surface area contributed by atoms with E-state index < -0.39 is 6.09 Å². The lowest BCUT2D eigenvalue weighted by Gasteiger charge is -2.01. The zero-order chi connectivity index (χ0) is 8.27. The van der Waals surface area contributed by atoms with Gasteiger partial charge < -0.3 is 5.11 Å². The first-order chi connectivity index (χ1) is 5.20. The van der Waals surface area contributed by atoms with Crippen LogP contribution in [0.2, 0.25) is 0 Å². The van der Waals surface area contributed by atoms with Crippen LogP contribution in [0.1, 0.15) is 0 Å². The van der Waals surface area contributed by atoms with Crippen LogP contribution in [0.5, 0.6) is 0 Å². The molecule has 1 rings (SSSR count). The van der Waals surface area contributed by atoms with E-state index in [1.54, 1.807) is 12.1 Å². The minimum Gasteiger partial charge on any atom is -0.465 e. The van der Waals surface area contributed by atoms with Gasteiger partial charge in [0.25, 0.3) is 0 Å². The predicted octanol–water partition coefficient (Wildman–Crippen LogP) is 2.38. The molecule has 11 heavy (non-hydrogen) atoms. The maximum atomic E-state index is 10.2. The van der Waals surface area contributed by atoms with Gasteiger partial charge in [-0.25, -0.2) is 4.79 Å². The number of anilines is 1. The van der Waals surface area contributed by atoms with Crippen LogP contribution in [-0.4, -0.2) is 11.2 Å². The fourth-order valence-electron chi connectivity index (χ4n) is 0.678. The molecular weight excluding hydrogens is 257 g/mol. The minimum atomic E-state index is -1.03. The maximum absolute atomic E-state index is 10.2. The van der Waals surface area contributed by atoms with Crippen LogP contribution >= 0.6 is 22.6 Å². The summed E-state index contributed by atoms with van der Waals surface area (Å²) in [6.07, 6.45) is -1.03. The number of carboxylic acid groups (broad SMARTS) is 1. The Kier molecular flexibility index (Phi) is 2.70. The van der Waals surface area contributed by atoms with E-state index in [2.05, 4.69) is 27.9 Å². The zero-order valence-corrected chi connectivity index (χ0v) is 7.70. The lowest BCUT2D eigenvalue weighted by Crippen LogP contribution is -2.07. The van der Waals surface area contributed by atoms with Crippen LogP contribution in [0.15, 0.2) is 24.3 Å². The number of rotatable bonds is 1. The van der Waals surface area contributed by atoms with Gasteiger partial charge in [-0.05, 0) is 34.7 Å². The first-order valence-electron chi connectivity index (χ1n) is 2.94. The number of amides is 1. The largest absolute Gasteiger partial charge is 0.465 e. The van der Waals surface area contributed by atoms with Crippen molar-refractivity contribution in [1.29, 1.82) is 0 Å². The summed E-state index contributed by atoms with van der Waals surface area (Å²) in [6.45, 7) is 0. The topological polar surface area (TPSA) is 49.3 Å². The van der Waals surface area contributed by atoms with Crippen LogP contribution in [0, 0.1) is 3.57 Å². The molecule has 0 aliphatic heterocycles. The molecule has 1 aromatic rings. The molecule has 0 bridgehead atoms. The first kappa shape index (κ1) is 8.32. The quantitative estimate of drug-likeness (QED) is 0.764. The van der Waals surface area contributed by atoms with Crippen LogP contribution < -0.4 is 5.32 Å². The average Bonchev–Trinajstić information content (AvgIpc) is 1.93. The van der Waals surface area contributed by atoms with Gasteiger partial charge in [0.1, 0.15) is 0 Å². The lowest BCUT2D eigenvalue weighted by molar-refractivity contribution is 0.209. The Morgan fingerprint density at radius 3 is 2.64 bits per heavy atom. The Hall–Kier alpha value is -0.780. The van der Waals surface area contributed by atoms with E-state index in [1.165, 1.54) is 0 Å². The summed E-state index contributed by atoms with van der Waals surface area (Å²) in [5.41, 5.74) is 0.626. The first-order valence-corrected chi connectivity index (χ1v) is 4.02. The molecule has 0 saturated heterocycles. The molecule has 1 aromatic carbocycles. The Balaban J connectivity index is 2.86. The Bertz CT molecular complexity index is 275. The Labute approximate surface area is 77.6 Å². The van der Waals surface area contributed by atoms with Crippen molar-refractivity contribution in [3.05, 3.63) is 27.8 Å². The molecule has 0 spiro atoms. The van der Waals surface area contributed by atoms with Crippen LogP contribution in [0.4, 0.5) is 10.5 Å². The SMILES string of the molecule is O=C(O)Nc1ccccc1I. The van der Waals surface area contributed by atoms with E-state index in [9.17, 15) is 4.79 Å². The molecule has 58 valence electrons. The molecule has 0 saturated carbocycles. The third kappa shape index (κ3) is 2.38. The molecule has 0 aliphatic rings. The summed E-state index contributed by atoms with van der Waals surface area (Å²) in [7, 11) is 0. The van der Waals surface area contributed by atoms with E-state index in [1.807, 2.05) is 12.1 Å². The molecule has 0 aromatic heterocycles. The summed E-state index contributed by atoms with van der Waals surface area (Å²) in [5, 5.41) is 10.7. The van der Waals surface area contributed by atoms with E-state index in [0.717, 1.165) is 3.57 Å². The average molecular weight is 263 g/mol. The van der Waals surface area contributed by atoms with Gasteiger partial charge in [-0.3, -0.25) is 5.32 Å². The van der Waals surface area contributed by atoms with Crippen LogP contribution in [-0.2, 0) is 0 Å². The molecule has 1 amide bonds. The molecule has 0 fully saturated rings. The van der Waals surface area contributed by atoms with Crippen molar-refractivity contribution in [1.82, 2.24) is 0 Å². The van der Waals surface area contributed by atoms with Crippen molar-refractivity contribution < 1.29 is 9.90 Å². The van der Waals surface area contributed by atoms with Gasteiger partial charge >= 0.3 is 6.09 Å². The number of carbonyl (C=O) groups is 1. The van der Waals surface area contributed by atoms with Gasteiger partial charge in [0, 0.05) is 3.57 Å². The number of hydrogen-bond acceptors (Lipinski definition) is 1. The molecule has 0 heterocycles. The highest BCUT2D eigenvalue weighted by atomic mass is 127. The van der Waals surface area contributed by atoms with Gasteiger partial charge in [0.15, 0.2) is 0 Å². The number of nitrogens with one attached hydrogen (secondary N) is 1. The normalized spacial score (nSPS) is 9.18. The van der Waals surface area contributed by atoms with Crippen molar-refractivity contribution in [3.63, 3.8) is 0 Å². The van der Waals surface area contributed by atoms with Crippen LogP contribution in [0.3, 0.4) is 0 Å². The van der Waals surface area contributed by atoms with E-state index in [-0.39, 0.29) is 0 Å². The monoisotopic (exact) mass is 263 g/mol. The maximum Gasteiger partial charge on any atom is 0.409 e. The molecule has 0 atom stereocenters. The molecule has 0 unspecified atom stereocenters. The van der Waals surface area contributed by atoms with Gasteiger partial charge in [-0.1, -0.05) is 12.1 Å². The molecule has 0 radical (unpaired) electrons. The lowest BCUT2D eigenvalue weighted by atomic mass is 10.3. The summed E-state index contributed by atoms with van der Waals surface area (Å²) >= 11 is 2.07. The zero-order valence-electron chi connectivity index (χ0n) is 5.54. The highest BCUT2D eigenvalue weighted by Crippen LogP contribution is 2.16. The second-order valence-corrected chi connectivity index (χ2v) is 3.07. The predicted molar refractivity (Wildman–Crippen MR) is 50.8 cm³/mol. The Morgan fingerprint density at radius 1 is 1.45 bits per heavy atom. The van der Waals surface area contributed by atoms with Crippen molar-refractivity contribution in [3.8, 4) is 0 Å². The highest BCUT2D eigenvalue weighted by Gasteiger charge is 1.99. The fraction of sp³-hybridized carbons (Fsp3) is 0. The van der Waals surface area contributed by atoms with E-state index >= 15 is 0 Å². The molecule has 0 aliphatic carbocycles. The molecule has 2 N–H and O–H groups in total. The highest BCUT2D eigenvalue weighted by molar-refractivity contribution is 14.1. The smallest absolute Gasteiger partial charge is 0.409 e. The van der Waals surface area contributed by atoms with Crippen molar-refractivity contribution in [2.75, 3.05) is 5.32 Å². The number of hydrogen-bond donors (Lipinski definition) is 2. The van der Waals surface area contributed by atoms with Crippen molar-refractivity contribution in [2.45, 2.75) is 0 Å². The van der Waals surface area contributed by atoms with Gasteiger partial charge in [-0.2, -0.15) is 0 Å². The fourth-order valence-corrected chi connectivity index (χ4v) is 1.20. The third-order valence-electron chi connectivity index (χ3n) is 1.12. The van der Waals surface area contributed by atoms with Crippen molar-refractivity contribution >= 4 is 34.4 Å². The van der Waals surface area contributed by atoms with E-state index in [4.69, 9.17) is 5.11 Å². The summed E-state index contributed by atoms with van der Waals surface area (Å²) < 4.78 is 0.896. The second-order valence-electron chi connectivity index (χ2n) is 1.91. The standard InChI is InChI=1S/C7H6INO2/c8-5-3-1-2-4-6(5)9-7(10)11/h1-4,9H,(H,10,11). The van der Waals surface area contributed by atoms with E-state index in [0.29, 0.717) is 5.69 Å². The minimum absolute atomic E-state index is 0.626. The molecule has 4 heteroatoms. The Morgan fingerprint density at radius 2 is 2.09 bits per heavy atom. The number of halogens is 1. The summed E-state index contributed by atoms with van der Waals surface area (Å²) in [4.78, 5) is 10.2. The third-order valence-corrected chi connectivity index (χ3v) is 2.06. The summed E-state index contributed by atoms with van der Waals surface area (Å²) in [5.74, 6) is 0. The second kappa shape index (κ2) is 3.56. The molecular formula is C7H6INO2.